The quantitative estimate of drug-likeness (QED) is 0.121. The molecule has 5 N–H and O–H groups in total. The average molecular weight is 432 g/mol. The Hall–Kier alpha value is -3.13. The van der Waals surface area contributed by atoms with Gasteiger partial charge in [0.25, 0.3) is 0 Å². The van der Waals surface area contributed by atoms with Crippen molar-refractivity contribution in [2.45, 2.75) is 17.6 Å². The van der Waals surface area contributed by atoms with Crippen molar-refractivity contribution in [3.8, 4) is 0 Å². The Bertz CT molecular complexity index is 902. The van der Waals surface area contributed by atoms with Gasteiger partial charge in [0.1, 0.15) is 6.42 Å². The molecule has 156 valence electrons. The number of nitrogens with zero attached hydrogens (tertiary/aromatic N) is 3. The number of primary amides is 1. The summed E-state index contributed by atoms with van der Waals surface area (Å²) in [7, 11) is 0. The fourth-order valence-corrected chi connectivity index (χ4v) is 2.74. The van der Waals surface area contributed by atoms with Crippen LogP contribution in [0, 0.1) is 0 Å². The topological polar surface area (TPSA) is 156 Å². The molecular formula is C15H15F3N6O4S. The number of rotatable bonds is 8. The Morgan fingerprint density at radius 3 is 2.72 bits per heavy atom. The first-order valence-electron chi connectivity index (χ1n) is 7.87. The number of hydroxylamine groups is 1. The number of aromatic nitrogens is 2. The summed E-state index contributed by atoms with van der Waals surface area (Å²) in [6, 6.07) is 4.16. The highest BCUT2D eigenvalue weighted by Gasteiger charge is 2.30. The third-order valence-corrected chi connectivity index (χ3v) is 4.15. The zero-order valence-corrected chi connectivity index (χ0v) is 15.4. The van der Waals surface area contributed by atoms with E-state index in [1.54, 1.807) is 5.48 Å². The van der Waals surface area contributed by atoms with E-state index in [1.165, 1.54) is 12.1 Å². The number of hydrogen-bond donors (Lipinski definition) is 4. The first kappa shape index (κ1) is 22.2. The van der Waals surface area contributed by atoms with Crippen LogP contribution in [0.25, 0.3) is 0 Å². The normalized spacial score (nSPS) is 11.9. The zero-order chi connectivity index (χ0) is 21.4. The van der Waals surface area contributed by atoms with E-state index in [2.05, 4.69) is 25.3 Å². The number of nitrogens with two attached hydrogens (primary N) is 1. The summed E-state index contributed by atoms with van der Waals surface area (Å²) < 4.78 is 43.0. The molecule has 0 aliphatic rings. The van der Waals surface area contributed by atoms with Crippen molar-refractivity contribution in [3.63, 3.8) is 0 Å². The number of amides is 2. The maximum atomic E-state index is 12.8. The van der Waals surface area contributed by atoms with Crippen LogP contribution in [0.4, 0.5) is 18.9 Å². The van der Waals surface area contributed by atoms with E-state index in [-0.39, 0.29) is 34.5 Å². The highest BCUT2D eigenvalue weighted by molar-refractivity contribution is 7.99. The van der Waals surface area contributed by atoms with Gasteiger partial charge in [-0.3, -0.25) is 20.3 Å². The smallest absolute Gasteiger partial charge is 0.369 e. The van der Waals surface area contributed by atoms with E-state index < -0.39 is 30.0 Å². The molecule has 0 spiro atoms. The Labute approximate surface area is 165 Å². The van der Waals surface area contributed by atoms with Gasteiger partial charge in [-0.2, -0.15) is 13.2 Å². The van der Waals surface area contributed by atoms with Gasteiger partial charge in [0, 0.05) is 12.3 Å². The number of benzene rings is 1. The molecule has 0 unspecified atom stereocenters. The van der Waals surface area contributed by atoms with Gasteiger partial charge in [0.15, 0.2) is 16.6 Å². The van der Waals surface area contributed by atoms with Crippen molar-refractivity contribution in [1.82, 2.24) is 21.1 Å². The number of carbonyl (C=O) groups excluding carboxylic acids is 2. The Morgan fingerprint density at radius 1 is 1.31 bits per heavy atom. The summed E-state index contributed by atoms with van der Waals surface area (Å²) in [4.78, 5) is 25.9. The molecule has 0 radical (unpaired) electrons. The molecule has 1 aromatic heterocycles. The predicted octanol–water partition coefficient (Wildman–Crippen LogP) is 1.23. The number of halogens is 3. The van der Waals surface area contributed by atoms with E-state index >= 15 is 0 Å². The van der Waals surface area contributed by atoms with Crippen LogP contribution >= 0.6 is 11.8 Å². The van der Waals surface area contributed by atoms with Crippen molar-refractivity contribution >= 4 is 35.1 Å². The molecule has 0 saturated carbocycles. The van der Waals surface area contributed by atoms with Crippen LogP contribution in [-0.2, 0) is 15.8 Å². The largest absolute Gasteiger partial charge is 0.416 e. The second kappa shape index (κ2) is 9.88. The molecule has 10 nitrogen and oxygen atoms in total. The molecule has 0 saturated heterocycles. The third kappa shape index (κ3) is 6.76. The third-order valence-electron chi connectivity index (χ3n) is 3.20. The summed E-state index contributed by atoms with van der Waals surface area (Å²) in [5.41, 5.74) is 5.61. The van der Waals surface area contributed by atoms with Gasteiger partial charge in [0.2, 0.25) is 11.8 Å². The minimum atomic E-state index is -4.55. The second-order valence-electron chi connectivity index (χ2n) is 5.38. The summed E-state index contributed by atoms with van der Waals surface area (Å²) in [5, 5.41) is 19.1. The Kier molecular flexibility index (Phi) is 7.55. The first-order chi connectivity index (χ1) is 13.7. The van der Waals surface area contributed by atoms with Gasteiger partial charge in [0.05, 0.1) is 11.3 Å². The molecule has 0 atom stereocenters. The van der Waals surface area contributed by atoms with Gasteiger partial charge in [-0.05, 0) is 28.5 Å². The van der Waals surface area contributed by atoms with Gasteiger partial charge < -0.3 is 11.1 Å². The Balaban J connectivity index is 2.08. The molecule has 14 heteroatoms. The Morgan fingerprint density at radius 2 is 2.07 bits per heavy atom. The van der Waals surface area contributed by atoms with Crippen LogP contribution in [0.1, 0.15) is 17.7 Å². The van der Waals surface area contributed by atoms with E-state index in [9.17, 15) is 28.0 Å². The molecule has 2 amide bonds. The lowest BCUT2D eigenvalue weighted by Gasteiger charge is -2.07. The van der Waals surface area contributed by atoms with Crippen molar-refractivity contribution < 1.29 is 32.6 Å². The first-order valence-corrected chi connectivity index (χ1v) is 8.86. The predicted molar refractivity (Wildman–Crippen MR) is 94.4 cm³/mol. The van der Waals surface area contributed by atoms with Crippen molar-refractivity contribution in [3.05, 3.63) is 35.5 Å². The lowest BCUT2D eigenvalue weighted by atomic mass is 10.2. The maximum absolute atomic E-state index is 12.8. The SMILES string of the molecule is NC(=O)CC(=O)NCCSc1nonc1C(=Nc1cccc(C(F)(F)F)c1)NO. The minimum Gasteiger partial charge on any atom is -0.369 e. The number of aliphatic imine (C=N–C) groups is 1. The van der Waals surface area contributed by atoms with Crippen LogP contribution in [-0.4, -0.2) is 45.5 Å². The standard InChI is InChI=1S/C15H15F3N6O4S/c16-15(17,18)8-2-1-3-9(6-8)21-13(22-27)12-14(24-28-23-12)29-5-4-20-11(26)7-10(19)25/h1-3,6,27H,4-5,7H2,(H2,19,25)(H,20,26)(H,21,22). The molecule has 2 aromatic rings. The summed E-state index contributed by atoms with van der Waals surface area (Å²) in [6.45, 7) is 0.162. The molecule has 0 fully saturated rings. The molecule has 1 aromatic carbocycles. The molecule has 0 aliphatic heterocycles. The van der Waals surface area contributed by atoms with Gasteiger partial charge >= 0.3 is 6.18 Å². The minimum absolute atomic E-state index is 0.0432. The average Bonchev–Trinajstić information content (AvgIpc) is 3.10. The van der Waals surface area contributed by atoms with Crippen molar-refractivity contribution in [1.29, 1.82) is 0 Å². The second-order valence-corrected chi connectivity index (χ2v) is 6.46. The summed E-state index contributed by atoms with van der Waals surface area (Å²) >= 11 is 1.07. The number of alkyl halides is 3. The van der Waals surface area contributed by atoms with E-state index in [0.717, 1.165) is 23.9 Å². The number of amidine groups is 1. The highest BCUT2D eigenvalue weighted by Crippen LogP contribution is 2.31. The van der Waals surface area contributed by atoms with E-state index in [0.29, 0.717) is 0 Å². The van der Waals surface area contributed by atoms with Crippen LogP contribution in [0.15, 0.2) is 38.9 Å². The summed E-state index contributed by atoms with van der Waals surface area (Å²) in [5.74, 6) is -1.30. The number of hydrogen-bond acceptors (Lipinski definition) is 8. The van der Waals surface area contributed by atoms with Gasteiger partial charge in [-0.15, -0.1) is 0 Å². The zero-order valence-electron chi connectivity index (χ0n) is 14.6. The van der Waals surface area contributed by atoms with Gasteiger partial charge in [-0.25, -0.2) is 9.62 Å². The fraction of sp³-hybridized carbons (Fsp3) is 0.267. The summed E-state index contributed by atoms with van der Waals surface area (Å²) in [6.07, 6.45) is -4.99. The maximum Gasteiger partial charge on any atom is 0.416 e. The van der Waals surface area contributed by atoms with Crippen LogP contribution < -0.4 is 16.5 Å². The molecule has 0 aliphatic carbocycles. The van der Waals surface area contributed by atoms with Crippen LogP contribution in [0.5, 0.6) is 0 Å². The molecule has 29 heavy (non-hydrogen) atoms. The molecule has 2 rings (SSSR count). The van der Waals surface area contributed by atoms with Crippen LogP contribution in [0.3, 0.4) is 0 Å². The lowest BCUT2D eigenvalue weighted by Crippen LogP contribution is -2.30. The highest BCUT2D eigenvalue weighted by atomic mass is 32.2. The number of nitrogens with one attached hydrogen (secondary N) is 2. The number of carbonyl (C=O) groups is 2. The van der Waals surface area contributed by atoms with E-state index in [4.69, 9.17) is 5.73 Å². The molecular weight excluding hydrogens is 417 g/mol. The number of thioether (sulfide) groups is 1. The van der Waals surface area contributed by atoms with Crippen molar-refractivity contribution in [2.24, 2.45) is 10.7 Å². The fourth-order valence-electron chi connectivity index (χ4n) is 1.99. The van der Waals surface area contributed by atoms with Crippen LogP contribution in [0.2, 0.25) is 0 Å². The molecule has 0 bridgehead atoms. The van der Waals surface area contributed by atoms with Gasteiger partial charge in [-0.1, -0.05) is 17.8 Å². The molecule has 1 heterocycles. The van der Waals surface area contributed by atoms with E-state index in [1.807, 2.05) is 0 Å². The monoisotopic (exact) mass is 432 g/mol. The lowest BCUT2D eigenvalue weighted by molar-refractivity contribution is -0.137. The van der Waals surface area contributed by atoms with Crippen molar-refractivity contribution in [2.75, 3.05) is 12.3 Å².